The SMILES string of the molecule is C=C1C=CC(=O)N1CC1CCC(C(C)=O)CC1. The number of ketones is 1. The van der Waals surface area contributed by atoms with Crippen LogP contribution in [0.1, 0.15) is 32.6 Å². The molecular weight excluding hydrogens is 214 g/mol. The van der Waals surface area contributed by atoms with Crippen LogP contribution in [-0.4, -0.2) is 23.1 Å². The summed E-state index contributed by atoms with van der Waals surface area (Å²) in [6.45, 7) is 6.30. The second-order valence-electron chi connectivity index (χ2n) is 5.10. The number of allylic oxidation sites excluding steroid dienone is 1. The summed E-state index contributed by atoms with van der Waals surface area (Å²) < 4.78 is 0. The van der Waals surface area contributed by atoms with Gasteiger partial charge in [0.15, 0.2) is 0 Å². The maximum atomic E-state index is 11.6. The molecule has 1 aliphatic heterocycles. The van der Waals surface area contributed by atoms with Crippen LogP contribution >= 0.6 is 0 Å². The molecular formula is C14H19NO2. The van der Waals surface area contributed by atoms with Gasteiger partial charge in [-0.2, -0.15) is 0 Å². The topological polar surface area (TPSA) is 37.4 Å². The fourth-order valence-electron chi connectivity index (χ4n) is 2.71. The quantitative estimate of drug-likeness (QED) is 0.750. The lowest BCUT2D eigenvalue weighted by Gasteiger charge is -2.30. The largest absolute Gasteiger partial charge is 0.309 e. The Bertz CT molecular complexity index is 358. The van der Waals surface area contributed by atoms with Crippen LogP contribution in [0.2, 0.25) is 0 Å². The van der Waals surface area contributed by atoms with Gasteiger partial charge in [0.05, 0.1) is 0 Å². The molecule has 1 amide bonds. The molecule has 1 heterocycles. The van der Waals surface area contributed by atoms with Crippen molar-refractivity contribution in [3.63, 3.8) is 0 Å². The van der Waals surface area contributed by atoms with Gasteiger partial charge in [0.1, 0.15) is 5.78 Å². The van der Waals surface area contributed by atoms with Crippen molar-refractivity contribution >= 4 is 11.7 Å². The lowest BCUT2D eigenvalue weighted by molar-refractivity contribution is -0.125. The van der Waals surface area contributed by atoms with Gasteiger partial charge in [-0.1, -0.05) is 6.58 Å². The van der Waals surface area contributed by atoms with E-state index >= 15 is 0 Å². The number of nitrogens with zero attached hydrogens (tertiary/aromatic N) is 1. The second-order valence-corrected chi connectivity index (χ2v) is 5.10. The maximum Gasteiger partial charge on any atom is 0.251 e. The van der Waals surface area contributed by atoms with Crippen LogP contribution in [0, 0.1) is 11.8 Å². The fraction of sp³-hybridized carbons (Fsp3) is 0.571. The van der Waals surface area contributed by atoms with E-state index in [9.17, 15) is 9.59 Å². The molecule has 1 fully saturated rings. The third kappa shape index (κ3) is 2.65. The van der Waals surface area contributed by atoms with Crippen molar-refractivity contribution in [1.82, 2.24) is 4.90 Å². The minimum Gasteiger partial charge on any atom is -0.309 e. The Morgan fingerprint density at radius 3 is 2.47 bits per heavy atom. The Kier molecular flexibility index (Phi) is 3.46. The normalized spacial score (nSPS) is 28.9. The predicted octanol–water partition coefficient (Wildman–Crippen LogP) is 2.29. The molecule has 2 aliphatic rings. The smallest absolute Gasteiger partial charge is 0.251 e. The summed E-state index contributed by atoms with van der Waals surface area (Å²) in [5.41, 5.74) is 0.795. The van der Waals surface area contributed by atoms with Gasteiger partial charge < -0.3 is 4.90 Å². The van der Waals surface area contributed by atoms with Crippen molar-refractivity contribution in [1.29, 1.82) is 0 Å². The third-order valence-electron chi connectivity index (χ3n) is 3.89. The highest BCUT2D eigenvalue weighted by Gasteiger charge is 2.28. The van der Waals surface area contributed by atoms with Crippen LogP contribution in [0.4, 0.5) is 0 Å². The number of hydrogen-bond acceptors (Lipinski definition) is 2. The molecule has 1 saturated carbocycles. The minimum atomic E-state index is 0.0451. The zero-order valence-corrected chi connectivity index (χ0v) is 10.3. The molecule has 92 valence electrons. The average Bonchev–Trinajstić information content (AvgIpc) is 2.61. The average molecular weight is 233 g/mol. The Balaban J connectivity index is 1.84. The van der Waals surface area contributed by atoms with Crippen molar-refractivity contribution in [2.45, 2.75) is 32.6 Å². The third-order valence-corrected chi connectivity index (χ3v) is 3.89. The molecule has 0 bridgehead atoms. The molecule has 0 saturated heterocycles. The van der Waals surface area contributed by atoms with E-state index in [1.807, 2.05) is 0 Å². The highest BCUT2D eigenvalue weighted by molar-refractivity contribution is 5.93. The number of carbonyl (C=O) groups excluding carboxylic acids is 2. The van der Waals surface area contributed by atoms with Gasteiger partial charge in [0, 0.05) is 24.2 Å². The summed E-state index contributed by atoms with van der Waals surface area (Å²) in [6, 6.07) is 0. The van der Waals surface area contributed by atoms with Crippen molar-refractivity contribution in [3.8, 4) is 0 Å². The Labute approximate surface area is 102 Å². The summed E-state index contributed by atoms with van der Waals surface area (Å²) in [6.07, 6.45) is 7.37. The van der Waals surface area contributed by atoms with Crippen molar-refractivity contribution in [2.24, 2.45) is 11.8 Å². The monoisotopic (exact) mass is 233 g/mol. The molecule has 3 nitrogen and oxygen atoms in total. The highest BCUT2D eigenvalue weighted by atomic mass is 16.2. The van der Waals surface area contributed by atoms with Crippen LogP contribution in [0.25, 0.3) is 0 Å². The first-order valence-electron chi connectivity index (χ1n) is 6.27. The van der Waals surface area contributed by atoms with Crippen molar-refractivity contribution < 1.29 is 9.59 Å². The number of rotatable bonds is 3. The number of Topliss-reactive ketones (excluding diaryl/α,β-unsaturated/α-hetero) is 1. The summed E-state index contributed by atoms with van der Waals surface area (Å²) in [7, 11) is 0. The van der Waals surface area contributed by atoms with Gasteiger partial charge in [-0.15, -0.1) is 0 Å². The molecule has 0 N–H and O–H groups in total. The second kappa shape index (κ2) is 4.86. The van der Waals surface area contributed by atoms with Crippen LogP contribution < -0.4 is 0 Å². The summed E-state index contributed by atoms with van der Waals surface area (Å²) in [4.78, 5) is 24.6. The maximum absolute atomic E-state index is 11.6. The standard InChI is InChI=1S/C14H19NO2/c1-10-3-8-14(17)15(10)9-12-4-6-13(7-5-12)11(2)16/h3,8,12-13H,1,4-7,9H2,2H3. The molecule has 0 aromatic heterocycles. The fourth-order valence-corrected chi connectivity index (χ4v) is 2.71. The van der Waals surface area contributed by atoms with E-state index in [0.29, 0.717) is 11.7 Å². The van der Waals surface area contributed by atoms with Gasteiger partial charge >= 0.3 is 0 Å². The molecule has 2 rings (SSSR count). The van der Waals surface area contributed by atoms with E-state index in [2.05, 4.69) is 6.58 Å². The van der Waals surface area contributed by atoms with Crippen LogP contribution in [0.15, 0.2) is 24.4 Å². The van der Waals surface area contributed by atoms with E-state index in [4.69, 9.17) is 0 Å². The molecule has 0 aromatic rings. The van der Waals surface area contributed by atoms with E-state index in [-0.39, 0.29) is 11.8 Å². The van der Waals surface area contributed by atoms with Crippen molar-refractivity contribution in [2.75, 3.05) is 6.54 Å². The Morgan fingerprint density at radius 2 is 2.00 bits per heavy atom. The summed E-state index contributed by atoms with van der Waals surface area (Å²) in [5.74, 6) is 1.13. The van der Waals surface area contributed by atoms with Gasteiger partial charge in [-0.3, -0.25) is 9.59 Å². The first-order chi connectivity index (χ1) is 8.08. The van der Waals surface area contributed by atoms with E-state index in [1.165, 1.54) is 0 Å². The zero-order valence-electron chi connectivity index (χ0n) is 10.3. The van der Waals surface area contributed by atoms with Crippen LogP contribution in [-0.2, 0) is 9.59 Å². The zero-order chi connectivity index (χ0) is 12.4. The molecule has 0 spiro atoms. The molecule has 1 aliphatic carbocycles. The molecule has 0 atom stereocenters. The highest BCUT2D eigenvalue weighted by Crippen LogP contribution is 2.31. The van der Waals surface area contributed by atoms with E-state index in [0.717, 1.165) is 37.9 Å². The first-order valence-corrected chi connectivity index (χ1v) is 6.27. The summed E-state index contributed by atoms with van der Waals surface area (Å²) in [5, 5.41) is 0. The van der Waals surface area contributed by atoms with E-state index < -0.39 is 0 Å². The predicted molar refractivity (Wildman–Crippen MR) is 66.1 cm³/mol. The molecule has 0 aromatic carbocycles. The van der Waals surface area contributed by atoms with Gasteiger partial charge in [0.25, 0.3) is 5.91 Å². The van der Waals surface area contributed by atoms with Crippen LogP contribution in [0.3, 0.4) is 0 Å². The lowest BCUT2D eigenvalue weighted by atomic mass is 9.80. The van der Waals surface area contributed by atoms with Gasteiger partial charge in [0.2, 0.25) is 0 Å². The number of amides is 1. The van der Waals surface area contributed by atoms with E-state index in [1.54, 1.807) is 24.0 Å². The van der Waals surface area contributed by atoms with Crippen molar-refractivity contribution in [3.05, 3.63) is 24.4 Å². The lowest BCUT2D eigenvalue weighted by Crippen LogP contribution is -2.32. The molecule has 17 heavy (non-hydrogen) atoms. The first kappa shape index (κ1) is 12.1. The van der Waals surface area contributed by atoms with Gasteiger partial charge in [-0.05, 0) is 44.6 Å². The number of hydrogen-bond donors (Lipinski definition) is 0. The molecule has 0 unspecified atom stereocenters. The minimum absolute atomic E-state index is 0.0451. The molecule has 3 heteroatoms. The van der Waals surface area contributed by atoms with Gasteiger partial charge in [-0.25, -0.2) is 0 Å². The Morgan fingerprint density at radius 1 is 1.35 bits per heavy atom. The summed E-state index contributed by atoms with van der Waals surface area (Å²) >= 11 is 0. The molecule has 0 radical (unpaired) electrons. The Hall–Kier alpha value is -1.38. The van der Waals surface area contributed by atoms with Crippen LogP contribution in [0.5, 0.6) is 0 Å². The number of carbonyl (C=O) groups is 2.